The van der Waals surface area contributed by atoms with Crippen LogP contribution >= 0.6 is 0 Å². The van der Waals surface area contributed by atoms with Crippen molar-refractivity contribution in [2.24, 2.45) is 0 Å². The molecule has 2 heterocycles. The molecule has 2 aromatic heterocycles. The number of nitrogens with zero attached hydrogens (tertiary/aromatic N) is 5. The first-order valence-electron chi connectivity index (χ1n) is 10.6. The van der Waals surface area contributed by atoms with E-state index in [9.17, 15) is 10.1 Å². The zero-order valence-corrected chi connectivity index (χ0v) is 18.5. The van der Waals surface area contributed by atoms with E-state index in [1.54, 1.807) is 23.0 Å². The van der Waals surface area contributed by atoms with Crippen LogP contribution in [-0.4, -0.2) is 24.7 Å². The molecule has 5 rings (SSSR count). The molecular weight excluding hydrogens is 416 g/mol. The van der Waals surface area contributed by atoms with Gasteiger partial charge in [0.05, 0.1) is 33.5 Å². The Bertz CT molecular complexity index is 1520. The van der Waals surface area contributed by atoms with Crippen molar-refractivity contribution in [2.45, 2.75) is 26.2 Å². The Morgan fingerprint density at radius 1 is 0.939 bits per heavy atom. The Hall–Kier alpha value is -4.33. The number of benzene rings is 3. The fourth-order valence-electron chi connectivity index (χ4n) is 3.66. The molecule has 0 fully saturated rings. The first kappa shape index (κ1) is 20.6. The molecule has 0 aliphatic heterocycles. The van der Waals surface area contributed by atoms with E-state index in [2.05, 4.69) is 31.1 Å². The first-order valence-corrected chi connectivity index (χ1v) is 10.6. The zero-order valence-electron chi connectivity index (χ0n) is 18.5. The lowest BCUT2D eigenvalue weighted by Crippen LogP contribution is -2.12. The van der Waals surface area contributed by atoms with Gasteiger partial charge in [-0.15, -0.1) is 0 Å². The second kappa shape index (κ2) is 7.67. The molecule has 1 N–H and O–H groups in total. The molecule has 0 aliphatic rings. The zero-order chi connectivity index (χ0) is 23.2. The maximum atomic E-state index is 11.3. The van der Waals surface area contributed by atoms with Crippen LogP contribution in [0.3, 0.4) is 0 Å². The van der Waals surface area contributed by atoms with Gasteiger partial charge in [-0.25, -0.2) is 9.67 Å². The van der Waals surface area contributed by atoms with Gasteiger partial charge < -0.3 is 5.32 Å². The van der Waals surface area contributed by atoms with Crippen molar-refractivity contribution >= 4 is 39.1 Å². The molecular formula is C25H22N6O2. The third-order valence-electron chi connectivity index (χ3n) is 5.43. The molecule has 8 heteroatoms. The highest BCUT2D eigenvalue weighted by Crippen LogP contribution is 2.29. The van der Waals surface area contributed by atoms with Crippen LogP contribution < -0.4 is 5.32 Å². The summed E-state index contributed by atoms with van der Waals surface area (Å²) in [4.78, 5) is 20.2. The fourth-order valence-corrected chi connectivity index (χ4v) is 3.66. The Morgan fingerprint density at radius 2 is 1.67 bits per heavy atom. The van der Waals surface area contributed by atoms with Crippen molar-refractivity contribution in [3.63, 3.8) is 0 Å². The van der Waals surface area contributed by atoms with Gasteiger partial charge in [0, 0.05) is 23.6 Å². The van der Waals surface area contributed by atoms with Crippen molar-refractivity contribution in [3.05, 3.63) is 88.7 Å². The maximum Gasteiger partial charge on any atom is 0.271 e. The lowest BCUT2D eigenvalue weighted by Gasteiger charge is -2.14. The molecule has 0 spiro atoms. The number of non-ortho nitro benzene ring substituents is 1. The number of rotatable bonds is 4. The number of nitrogens with one attached hydrogen (secondary N) is 1. The Kier molecular flexibility index (Phi) is 4.78. The molecule has 0 bridgehead atoms. The van der Waals surface area contributed by atoms with E-state index < -0.39 is 4.92 Å². The van der Waals surface area contributed by atoms with Gasteiger partial charge in [-0.2, -0.15) is 5.10 Å². The number of aromatic nitrogens is 4. The highest BCUT2D eigenvalue weighted by molar-refractivity contribution is 5.95. The summed E-state index contributed by atoms with van der Waals surface area (Å²) in [6.07, 6.45) is 1.68. The summed E-state index contributed by atoms with van der Waals surface area (Å²) in [6, 6.07) is 20.5. The van der Waals surface area contributed by atoms with Gasteiger partial charge in [-0.05, 0) is 29.0 Å². The molecule has 164 valence electrons. The first-order chi connectivity index (χ1) is 15.8. The minimum atomic E-state index is -0.413. The minimum absolute atomic E-state index is 0.00336. The third kappa shape index (κ3) is 3.98. The average molecular weight is 438 g/mol. The number of hydrogen-bond acceptors (Lipinski definition) is 6. The molecule has 3 aromatic carbocycles. The van der Waals surface area contributed by atoms with Gasteiger partial charge in [0.2, 0.25) is 0 Å². The van der Waals surface area contributed by atoms with Gasteiger partial charge in [-0.3, -0.25) is 15.1 Å². The fraction of sp³-hybridized carbons (Fsp3) is 0.160. The summed E-state index contributed by atoms with van der Waals surface area (Å²) in [6.45, 7) is 6.20. The molecule has 5 aromatic rings. The predicted molar refractivity (Wildman–Crippen MR) is 129 cm³/mol. The van der Waals surface area contributed by atoms with Crippen LogP contribution in [0, 0.1) is 10.1 Å². The van der Waals surface area contributed by atoms with Crippen LogP contribution in [0.2, 0.25) is 0 Å². The van der Waals surface area contributed by atoms with E-state index in [1.807, 2.05) is 42.5 Å². The summed E-state index contributed by atoms with van der Waals surface area (Å²) < 4.78 is 1.67. The van der Waals surface area contributed by atoms with E-state index in [4.69, 9.17) is 10.1 Å². The van der Waals surface area contributed by atoms with E-state index >= 15 is 0 Å². The number of nitro groups is 1. The summed E-state index contributed by atoms with van der Waals surface area (Å²) in [5.41, 5.74) is 2.80. The summed E-state index contributed by atoms with van der Waals surface area (Å²) in [5.74, 6) is 1.21. The minimum Gasteiger partial charge on any atom is -0.324 e. The Labute approximate surface area is 190 Å². The standard InChI is InChI=1S/C25H22N6O2/c1-25(2,3)22-14-24(30(29-22)18-9-6-10-19(13-18)31(32)33)28-23-15-26-20-11-16-7-4-5-8-17(16)12-21(20)27-23/h4-15H,1-3H3,(H,27,28). The van der Waals surface area contributed by atoms with Crippen LogP contribution in [0.5, 0.6) is 0 Å². The van der Waals surface area contributed by atoms with E-state index in [0.717, 1.165) is 27.5 Å². The predicted octanol–water partition coefficient (Wildman–Crippen LogP) is 5.92. The van der Waals surface area contributed by atoms with E-state index in [0.29, 0.717) is 17.3 Å². The van der Waals surface area contributed by atoms with Crippen LogP contribution in [0.15, 0.2) is 72.9 Å². The van der Waals surface area contributed by atoms with Gasteiger partial charge >= 0.3 is 0 Å². The molecule has 0 aliphatic carbocycles. The van der Waals surface area contributed by atoms with Crippen LogP contribution in [0.1, 0.15) is 26.5 Å². The lowest BCUT2D eigenvalue weighted by atomic mass is 9.92. The van der Waals surface area contributed by atoms with Crippen LogP contribution in [0.25, 0.3) is 27.5 Å². The van der Waals surface area contributed by atoms with Gasteiger partial charge in [0.25, 0.3) is 5.69 Å². The molecule has 0 saturated heterocycles. The molecule has 33 heavy (non-hydrogen) atoms. The van der Waals surface area contributed by atoms with E-state index in [-0.39, 0.29) is 11.1 Å². The average Bonchev–Trinajstić information content (AvgIpc) is 3.22. The van der Waals surface area contributed by atoms with Crippen molar-refractivity contribution < 1.29 is 4.92 Å². The number of anilines is 2. The largest absolute Gasteiger partial charge is 0.324 e. The molecule has 0 amide bonds. The molecule has 0 atom stereocenters. The topological polar surface area (TPSA) is 98.8 Å². The van der Waals surface area contributed by atoms with Crippen molar-refractivity contribution in [2.75, 3.05) is 5.32 Å². The van der Waals surface area contributed by atoms with Crippen LogP contribution in [0.4, 0.5) is 17.3 Å². The molecule has 0 unspecified atom stereocenters. The highest BCUT2D eigenvalue weighted by atomic mass is 16.6. The molecule has 8 nitrogen and oxygen atoms in total. The number of fused-ring (bicyclic) bond motifs is 2. The van der Waals surface area contributed by atoms with Gasteiger partial charge in [0.15, 0.2) is 5.82 Å². The van der Waals surface area contributed by atoms with Crippen LogP contribution in [-0.2, 0) is 5.41 Å². The second-order valence-electron chi connectivity index (χ2n) is 8.92. The monoisotopic (exact) mass is 438 g/mol. The second-order valence-corrected chi connectivity index (χ2v) is 8.92. The SMILES string of the molecule is CC(C)(C)c1cc(Nc2cnc3cc4ccccc4cc3n2)n(-c2cccc([N+](=O)[O-])c2)n1. The van der Waals surface area contributed by atoms with Gasteiger partial charge in [-0.1, -0.05) is 51.1 Å². The maximum absolute atomic E-state index is 11.3. The number of hydrogen-bond donors (Lipinski definition) is 1. The normalized spacial score (nSPS) is 11.7. The van der Waals surface area contributed by atoms with Crippen molar-refractivity contribution in [1.82, 2.24) is 19.7 Å². The quantitative estimate of drug-likeness (QED) is 0.212. The van der Waals surface area contributed by atoms with Crippen molar-refractivity contribution in [1.29, 1.82) is 0 Å². The summed E-state index contributed by atoms with van der Waals surface area (Å²) in [5, 5.41) is 21.5. The molecule has 0 radical (unpaired) electrons. The lowest BCUT2D eigenvalue weighted by molar-refractivity contribution is -0.384. The summed E-state index contributed by atoms with van der Waals surface area (Å²) in [7, 11) is 0. The summed E-state index contributed by atoms with van der Waals surface area (Å²) >= 11 is 0. The van der Waals surface area contributed by atoms with E-state index in [1.165, 1.54) is 12.1 Å². The highest BCUT2D eigenvalue weighted by Gasteiger charge is 2.22. The number of nitro benzene ring substituents is 1. The molecule has 0 saturated carbocycles. The Balaban J connectivity index is 1.59. The smallest absolute Gasteiger partial charge is 0.271 e. The van der Waals surface area contributed by atoms with Crippen molar-refractivity contribution in [3.8, 4) is 5.69 Å². The Morgan fingerprint density at radius 3 is 2.36 bits per heavy atom. The third-order valence-corrected chi connectivity index (χ3v) is 5.43. The van der Waals surface area contributed by atoms with Gasteiger partial charge in [0.1, 0.15) is 5.82 Å².